The third-order valence-electron chi connectivity index (χ3n) is 5.61. The van der Waals surface area contributed by atoms with E-state index in [4.69, 9.17) is 4.74 Å². The van der Waals surface area contributed by atoms with Crippen molar-refractivity contribution in [3.63, 3.8) is 0 Å². The fourth-order valence-electron chi connectivity index (χ4n) is 3.76. The van der Waals surface area contributed by atoms with E-state index in [1.165, 1.54) is 0 Å². The molecule has 6 N–H and O–H groups in total. The van der Waals surface area contributed by atoms with Gasteiger partial charge in [0.05, 0.1) is 12.7 Å². The zero-order valence-corrected chi connectivity index (χ0v) is 15.3. The summed E-state index contributed by atoms with van der Waals surface area (Å²) in [5, 5.41) is 50.7. The number of aliphatic hydroxyl groups is 5. The molecule has 0 aliphatic heterocycles. The van der Waals surface area contributed by atoms with Gasteiger partial charge in [0.25, 0.3) is 5.56 Å². The van der Waals surface area contributed by atoms with Crippen LogP contribution in [0, 0.1) is 5.92 Å². The van der Waals surface area contributed by atoms with Crippen LogP contribution in [0.15, 0.2) is 59.5 Å². The molecule has 0 radical (unpaired) electrons. The summed E-state index contributed by atoms with van der Waals surface area (Å²) in [7, 11) is 0. The van der Waals surface area contributed by atoms with Gasteiger partial charge >= 0.3 is 0 Å². The van der Waals surface area contributed by atoms with Gasteiger partial charge in [0.2, 0.25) is 6.29 Å². The van der Waals surface area contributed by atoms with E-state index in [2.05, 4.69) is 4.98 Å². The monoisotopic (exact) mass is 399 g/mol. The number of rotatable bonds is 5. The highest BCUT2D eigenvalue weighted by molar-refractivity contribution is 5.86. The van der Waals surface area contributed by atoms with E-state index in [0.29, 0.717) is 5.39 Å². The molecule has 1 saturated carbocycles. The van der Waals surface area contributed by atoms with Crippen molar-refractivity contribution in [2.45, 2.75) is 24.1 Å². The predicted octanol–water partition coefficient (Wildman–Crippen LogP) is -0.0327. The van der Waals surface area contributed by atoms with Crippen LogP contribution in [-0.2, 0) is 0 Å². The first-order chi connectivity index (χ1) is 13.9. The van der Waals surface area contributed by atoms with Crippen molar-refractivity contribution < 1.29 is 30.3 Å². The minimum absolute atomic E-state index is 0.180. The van der Waals surface area contributed by atoms with Crippen LogP contribution < -0.4 is 10.3 Å². The molecule has 5 unspecified atom stereocenters. The van der Waals surface area contributed by atoms with Crippen molar-refractivity contribution >= 4 is 10.8 Å². The number of aliphatic hydroxyl groups excluding tert-OH is 4. The van der Waals surface area contributed by atoms with E-state index in [0.717, 1.165) is 16.5 Å². The highest BCUT2D eigenvalue weighted by Gasteiger charge is 2.65. The van der Waals surface area contributed by atoms with Gasteiger partial charge in [-0.2, -0.15) is 0 Å². The molecule has 1 fully saturated rings. The van der Waals surface area contributed by atoms with Gasteiger partial charge in [-0.05, 0) is 40.8 Å². The highest BCUT2D eigenvalue weighted by Crippen LogP contribution is 2.42. The number of ether oxygens (including phenoxy) is 1. The minimum atomic E-state index is -2.17. The smallest absolute Gasteiger partial charge is 0.255 e. The highest BCUT2D eigenvalue weighted by atomic mass is 16.6. The van der Waals surface area contributed by atoms with Crippen LogP contribution >= 0.6 is 0 Å². The molecule has 2 aromatic carbocycles. The van der Waals surface area contributed by atoms with Gasteiger partial charge in [-0.15, -0.1) is 0 Å². The number of hydrogen-bond donors (Lipinski definition) is 6. The second-order valence-electron chi connectivity index (χ2n) is 7.22. The van der Waals surface area contributed by atoms with Crippen LogP contribution in [0.4, 0.5) is 0 Å². The first-order valence-electron chi connectivity index (χ1n) is 9.12. The summed E-state index contributed by atoms with van der Waals surface area (Å²) < 4.78 is 5.32. The Balaban J connectivity index is 1.54. The molecule has 1 aliphatic rings. The number of nitrogens with one attached hydrogen (secondary N) is 1. The molecular weight excluding hydrogens is 378 g/mol. The zero-order valence-electron chi connectivity index (χ0n) is 15.3. The predicted molar refractivity (Wildman–Crippen MR) is 104 cm³/mol. The summed E-state index contributed by atoms with van der Waals surface area (Å²) >= 11 is 0. The Kier molecular flexibility index (Phi) is 4.89. The van der Waals surface area contributed by atoms with Crippen molar-refractivity contribution in [2.24, 2.45) is 5.92 Å². The number of aromatic amines is 1. The maximum absolute atomic E-state index is 12.0. The van der Waals surface area contributed by atoms with Gasteiger partial charge in [0, 0.05) is 17.5 Å². The largest absolute Gasteiger partial charge is 0.462 e. The Bertz CT molecular complexity index is 1080. The Morgan fingerprint density at radius 2 is 1.76 bits per heavy atom. The standard InChI is InChI=1S/C21H21NO7/c23-10-16-17(24)18(25)21(16,28)20(27)29-14-5-3-11(4-6-14)13-2-1-12-7-8-22-19(26)15(12)9-13/h1-9,16-18,20,23-25,27-28H,10H2,(H,22,26). The van der Waals surface area contributed by atoms with Gasteiger partial charge in [0.15, 0.2) is 5.60 Å². The molecule has 0 amide bonds. The third kappa shape index (κ3) is 3.11. The van der Waals surface area contributed by atoms with Gasteiger partial charge < -0.3 is 35.3 Å². The lowest BCUT2D eigenvalue weighted by Crippen LogP contribution is -2.76. The van der Waals surface area contributed by atoms with Crippen LogP contribution in [-0.4, -0.2) is 61.2 Å². The van der Waals surface area contributed by atoms with E-state index < -0.39 is 36.6 Å². The van der Waals surface area contributed by atoms with E-state index >= 15 is 0 Å². The van der Waals surface area contributed by atoms with E-state index in [1.54, 1.807) is 36.5 Å². The van der Waals surface area contributed by atoms with E-state index in [1.807, 2.05) is 18.2 Å². The lowest BCUT2D eigenvalue weighted by Gasteiger charge is -2.53. The summed E-state index contributed by atoms with van der Waals surface area (Å²) in [6.45, 7) is -0.616. The summed E-state index contributed by atoms with van der Waals surface area (Å²) in [5.41, 5.74) is -0.729. The lowest BCUT2D eigenvalue weighted by molar-refractivity contribution is -0.332. The van der Waals surface area contributed by atoms with Crippen LogP contribution in [0.5, 0.6) is 5.75 Å². The SMILES string of the molecule is O=c1[nH]ccc2ccc(-c3ccc(OC(O)C4(O)C(O)C(O)C4CO)cc3)cc12. The fraction of sp³-hybridized carbons (Fsp3) is 0.286. The molecule has 0 bridgehead atoms. The molecule has 29 heavy (non-hydrogen) atoms. The summed E-state index contributed by atoms with van der Waals surface area (Å²) in [6, 6.07) is 13.9. The Morgan fingerprint density at radius 1 is 1.07 bits per heavy atom. The molecule has 8 heteroatoms. The molecule has 0 saturated heterocycles. The average Bonchev–Trinajstić information content (AvgIpc) is 2.74. The zero-order chi connectivity index (χ0) is 20.8. The molecule has 4 rings (SSSR count). The van der Waals surface area contributed by atoms with Crippen LogP contribution in [0.25, 0.3) is 21.9 Å². The molecule has 3 aromatic rings. The number of pyridine rings is 1. The Morgan fingerprint density at radius 3 is 2.45 bits per heavy atom. The van der Waals surface area contributed by atoms with Crippen LogP contribution in [0.1, 0.15) is 0 Å². The third-order valence-corrected chi connectivity index (χ3v) is 5.61. The lowest BCUT2D eigenvalue weighted by atomic mass is 9.64. The van der Waals surface area contributed by atoms with Crippen molar-refractivity contribution in [3.8, 4) is 16.9 Å². The number of fused-ring (bicyclic) bond motifs is 1. The van der Waals surface area contributed by atoms with E-state index in [-0.39, 0.29) is 11.3 Å². The van der Waals surface area contributed by atoms with Gasteiger partial charge in [-0.1, -0.05) is 24.3 Å². The second-order valence-corrected chi connectivity index (χ2v) is 7.22. The maximum atomic E-state index is 12.0. The van der Waals surface area contributed by atoms with Gasteiger partial charge in [-0.25, -0.2) is 0 Å². The summed E-state index contributed by atoms with van der Waals surface area (Å²) in [6.07, 6.45) is -3.23. The number of aromatic nitrogens is 1. The first-order valence-corrected chi connectivity index (χ1v) is 9.12. The Labute approximate surface area is 165 Å². The minimum Gasteiger partial charge on any atom is -0.462 e. The summed E-state index contributed by atoms with van der Waals surface area (Å²) in [4.78, 5) is 14.6. The van der Waals surface area contributed by atoms with Crippen molar-refractivity contribution in [3.05, 3.63) is 65.1 Å². The van der Waals surface area contributed by atoms with Crippen LogP contribution in [0.3, 0.4) is 0 Å². The fourth-order valence-corrected chi connectivity index (χ4v) is 3.76. The first kappa shape index (κ1) is 19.6. The molecule has 1 aromatic heterocycles. The van der Waals surface area contributed by atoms with Crippen molar-refractivity contribution in [1.82, 2.24) is 4.98 Å². The molecule has 0 spiro atoms. The molecule has 8 nitrogen and oxygen atoms in total. The van der Waals surface area contributed by atoms with E-state index in [9.17, 15) is 30.3 Å². The molecular formula is C21H21NO7. The van der Waals surface area contributed by atoms with Crippen LogP contribution in [0.2, 0.25) is 0 Å². The molecule has 5 atom stereocenters. The Hall–Kier alpha value is -2.75. The topological polar surface area (TPSA) is 143 Å². The second kappa shape index (κ2) is 7.25. The van der Waals surface area contributed by atoms with Crippen molar-refractivity contribution in [1.29, 1.82) is 0 Å². The number of hydrogen-bond acceptors (Lipinski definition) is 7. The normalized spacial score (nSPS) is 27.4. The van der Waals surface area contributed by atoms with Crippen molar-refractivity contribution in [2.75, 3.05) is 6.61 Å². The number of H-pyrrole nitrogens is 1. The van der Waals surface area contributed by atoms with Gasteiger partial charge in [-0.3, -0.25) is 4.79 Å². The molecule has 1 aliphatic carbocycles. The van der Waals surface area contributed by atoms with Gasteiger partial charge in [0.1, 0.15) is 11.9 Å². The summed E-state index contributed by atoms with van der Waals surface area (Å²) in [5.74, 6) is -0.902. The molecule has 152 valence electrons. The molecule has 1 heterocycles. The maximum Gasteiger partial charge on any atom is 0.255 e. The quantitative estimate of drug-likeness (QED) is 0.331. The number of benzene rings is 2. The average molecular weight is 399 g/mol.